The Hall–Kier alpha value is -0.572. The fraction of sp³-hybridized carbons (Fsp3) is 0.421. The summed E-state index contributed by atoms with van der Waals surface area (Å²) in [4.78, 5) is 24.0. The van der Waals surface area contributed by atoms with Crippen molar-refractivity contribution in [3.05, 3.63) is 58.3 Å². The second-order valence-electron chi connectivity index (χ2n) is 12.2. The van der Waals surface area contributed by atoms with E-state index >= 15 is 0 Å². The van der Waals surface area contributed by atoms with Crippen LogP contribution in [0.15, 0.2) is 24.4 Å². The number of aryl methyl sites for hydroxylation is 2. The zero-order valence-corrected chi connectivity index (χ0v) is 42.6. The molecule has 5 N–H and O–H groups in total. The molecule has 0 unspecified atom stereocenters. The van der Waals surface area contributed by atoms with E-state index in [0.717, 1.165) is 34.4 Å². The van der Waals surface area contributed by atoms with Gasteiger partial charge >= 0.3 is 0 Å². The molecular weight excluding hydrogens is 1250 g/mol. The maximum absolute atomic E-state index is 11.9. The average Bonchev–Trinajstić information content (AvgIpc) is 3.74. The van der Waals surface area contributed by atoms with Crippen molar-refractivity contribution >= 4 is 44.4 Å². The van der Waals surface area contributed by atoms with Crippen molar-refractivity contribution in [1.82, 2.24) is 24.9 Å². The topological polar surface area (TPSA) is 185 Å². The van der Waals surface area contributed by atoms with E-state index < -0.39 is 5.88 Å². The van der Waals surface area contributed by atoms with Crippen molar-refractivity contribution < 1.29 is 163 Å². The van der Waals surface area contributed by atoms with Gasteiger partial charge in [-0.05, 0) is 74.7 Å². The Balaban J connectivity index is 0.00000324. The summed E-state index contributed by atoms with van der Waals surface area (Å²) in [7, 11) is 1.52. The molecule has 6 bridgehead atoms. The van der Waals surface area contributed by atoms with Gasteiger partial charge in [-0.25, -0.2) is 15.0 Å². The molecule has 5 rings (SSSR count). The average molecular weight is 1300 g/mol. The molecule has 0 atom stereocenters. The summed E-state index contributed by atoms with van der Waals surface area (Å²) in [6, 6.07) is 5.22. The molecule has 0 amide bonds. The maximum Gasteiger partial charge on any atom is 0.238 e. The number of aliphatic hydroxyl groups is 3. The smallest absolute Gasteiger partial charge is 0.238 e. The first-order chi connectivity index (χ1) is 24.2. The predicted octanol–water partition coefficient (Wildman–Crippen LogP) is 5.82. The van der Waals surface area contributed by atoms with E-state index in [1.165, 1.54) is 7.11 Å². The van der Waals surface area contributed by atoms with Crippen LogP contribution in [0.1, 0.15) is 93.2 Å². The van der Waals surface area contributed by atoms with Gasteiger partial charge in [-0.2, -0.15) is 0 Å². The third-order valence-electron chi connectivity index (χ3n) is 9.07. The minimum Gasteiger partial charge on any atom is -0.654 e. The van der Waals surface area contributed by atoms with Gasteiger partial charge in [-0.1, -0.05) is 36.6 Å². The first kappa shape index (κ1) is 48.6. The molecule has 0 saturated carbocycles. The molecule has 3 aromatic rings. The molecule has 12 nitrogen and oxygen atoms in total. The van der Waals surface area contributed by atoms with Crippen molar-refractivity contribution in [2.45, 2.75) is 72.6 Å². The van der Waals surface area contributed by atoms with Crippen LogP contribution < -0.4 is 14.5 Å². The van der Waals surface area contributed by atoms with Crippen molar-refractivity contribution in [2.75, 3.05) is 33.5 Å². The number of ether oxygens (including phenoxy) is 2. The SMILES string of the molecule is CCC1=C(CC)c2cc3[n-]c(c(C)c3CCCO)c(O)c3nc(c(O)nc4cc(OCCCO)c(OC)cc4ncc1n2)C(C)=C3CCCO.[Ac].[Ac].[Gd]. The van der Waals surface area contributed by atoms with Gasteiger partial charge in [-0.15, -0.1) is 5.52 Å². The van der Waals surface area contributed by atoms with Crippen LogP contribution in [0.4, 0.5) is 0 Å². The van der Waals surface area contributed by atoms with E-state index in [-0.39, 0.29) is 177 Å². The van der Waals surface area contributed by atoms with Crippen LogP contribution in [0.25, 0.3) is 44.4 Å². The van der Waals surface area contributed by atoms with Crippen LogP contribution in [0.5, 0.6) is 23.1 Å². The Morgan fingerprint density at radius 2 is 1.38 bits per heavy atom. The number of rotatable bonds is 13. The first-order valence-corrected chi connectivity index (χ1v) is 17.1. The van der Waals surface area contributed by atoms with Crippen LogP contribution in [-0.2, 0) is 6.42 Å². The molecule has 53 heavy (non-hydrogen) atoms. The van der Waals surface area contributed by atoms with E-state index in [2.05, 4.69) is 18.8 Å². The fourth-order valence-corrected chi connectivity index (χ4v) is 6.47. The number of benzene rings is 1. The quantitative estimate of drug-likeness (QED) is 0.130. The largest absolute Gasteiger partial charge is 0.654 e. The number of allylic oxidation sites excluding steroid dienone is 4. The van der Waals surface area contributed by atoms with Crippen LogP contribution in [0.3, 0.4) is 0 Å². The summed E-state index contributed by atoms with van der Waals surface area (Å²) in [5.74, 6) is 0.199. The number of aromatic nitrogens is 5. The van der Waals surface area contributed by atoms with Crippen LogP contribution in [0.2, 0.25) is 0 Å². The van der Waals surface area contributed by atoms with Gasteiger partial charge in [0, 0.05) is 166 Å². The second kappa shape index (κ2) is 23.0. The van der Waals surface area contributed by atoms with E-state index in [9.17, 15) is 25.5 Å². The van der Waals surface area contributed by atoms with E-state index in [1.54, 1.807) is 25.3 Å². The van der Waals surface area contributed by atoms with Crippen molar-refractivity contribution in [1.29, 1.82) is 0 Å². The van der Waals surface area contributed by atoms with E-state index in [4.69, 9.17) is 29.4 Å². The van der Waals surface area contributed by atoms with Crippen LogP contribution >= 0.6 is 0 Å². The molecule has 2 aliphatic heterocycles. The Bertz CT molecular complexity index is 2040. The normalized spacial score (nSPS) is 12.2. The Labute approximate surface area is 413 Å². The molecule has 280 valence electrons. The summed E-state index contributed by atoms with van der Waals surface area (Å²) in [6.45, 7) is 7.95. The Morgan fingerprint density at radius 3 is 2.02 bits per heavy atom. The Kier molecular flexibility index (Phi) is 21.1. The van der Waals surface area contributed by atoms with Gasteiger partial charge in [-0.3, -0.25) is 4.98 Å². The summed E-state index contributed by atoms with van der Waals surface area (Å²) < 4.78 is 11.5. The number of hydrogen-bond donors (Lipinski definition) is 5. The number of aromatic hydroxyl groups is 2. The third kappa shape index (κ3) is 10.9. The first-order valence-electron chi connectivity index (χ1n) is 17.1. The predicted molar refractivity (Wildman–Crippen MR) is 193 cm³/mol. The third-order valence-corrected chi connectivity index (χ3v) is 9.07. The molecule has 0 saturated heterocycles. The van der Waals surface area contributed by atoms with Gasteiger partial charge in [0.2, 0.25) is 5.88 Å². The van der Waals surface area contributed by atoms with Gasteiger partial charge in [0.25, 0.3) is 0 Å². The van der Waals surface area contributed by atoms with Gasteiger partial charge in [0.1, 0.15) is 17.1 Å². The summed E-state index contributed by atoms with van der Waals surface area (Å²) in [5, 5.41) is 52.2. The fourth-order valence-electron chi connectivity index (χ4n) is 6.47. The second-order valence-corrected chi connectivity index (χ2v) is 12.2. The Morgan fingerprint density at radius 1 is 0.736 bits per heavy atom. The molecule has 2 aliphatic rings. The minimum atomic E-state index is -0.403. The van der Waals surface area contributed by atoms with Gasteiger partial charge in [0.15, 0.2) is 11.5 Å². The van der Waals surface area contributed by atoms with Crippen molar-refractivity contribution in [3.8, 4) is 23.1 Å². The van der Waals surface area contributed by atoms with Crippen LogP contribution in [0, 0.1) is 135 Å². The standard InChI is InChI=1S/C38H46N5O7.2Ac.Gd/c1-6-23-24(7-2)31-20-39-29-18-32(49-5)33(50-16-10-15-46)19-30(29)42-38(48)35-22(4)26(12-9-14-45)36(43-35)37(47)34-21(3)25(11-8-13-44)28(41-34)17-27(23)40-31;;;/h17-20,44-46H,6-16H2,1-5H3,(H2-,39,40,41,42,43,47,48);;;/q-1;;;. The molecule has 0 fully saturated rings. The van der Waals surface area contributed by atoms with Gasteiger partial charge in [0.05, 0.1) is 42.3 Å². The van der Waals surface area contributed by atoms with E-state index in [1.807, 2.05) is 13.0 Å². The zero-order valence-electron chi connectivity index (χ0n) is 30.9. The number of nitrogens with zero attached hydrogens (tertiary/aromatic N) is 5. The monoisotopic (exact) mass is 1300 g/mol. The molecule has 0 aliphatic carbocycles. The van der Waals surface area contributed by atoms with E-state index in [0.29, 0.717) is 83.4 Å². The van der Waals surface area contributed by atoms with Crippen molar-refractivity contribution in [2.24, 2.45) is 0 Å². The van der Waals surface area contributed by atoms with Crippen molar-refractivity contribution in [3.63, 3.8) is 0 Å². The molecule has 0 spiro atoms. The summed E-state index contributed by atoms with van der Waals surface area (Å²) in [6.07, 6.45) is 5.38. The molecule has 4 heterocycles. The number of aliphatic hydroxyl groups excluding tert-OH is 3. The maximum atomic E-state index is 11.9. The summed E-state index contributed by atoms with van der Waals surface area (Å²) >= 11 is 0. The molecule has 1 aromatic carbocycles. The van der Waals surface area contributed by atoms with Crippen LogP contribution in [-0.4, -0.2) is 79.0 Å². The molecule has 2 aromatic heterocycles. The van der Waals surface area contributed by atoms with Gasteiger partial charge < -0.3 is 40.0 Å². The molecule has 15 heteroatoms. The summed E-state index contributed by atoms with van der Waals surface area (Å²) in [5.41, 5.74) is 8.50. The molecule has 2 radical (unpaired) electrons. The zero-order chi connectivity index (χ0) is 35.9. The number of hydrogen-bond acceptors (Lipinski definition) is 11. The number of methoxy groups -OCH3 is 1. The minimum absolute atomic E-state index is 0. The number of fused-ring (bicyclic) bond motifs is 7. The molecular formula is C38H46Ac2GdN5O7-.